The van der Waals surface area contributed by atoms with E-state index in [1.807, 2.05) is 6.07 Å². The summed E-state index contributed by atoms with van der Waals surface area (Å²) in [7, 11) is 1.77. The lowest BCUT2D eigenvalue weighted by atomic mass is 9.55. The zero-order valence-electron chi connectivity index (χ0n) is 21.4. The Kier molecular flexibility index (Phi) is 6.54. The highest BCUT2D eigenvalue weighted by Gasteiger charge is 2.54. The molecule has 3 unspecified atom stereocenters. The molecular weight excluding hydrogens is 420 g/mol. The highest BCUT2D eigenvalue weighted by atomic mass is 16.5. The first kappa shape index (κ1) is 23.5. The van der Waals surface area contributed by atoms with Crippen LogP contribution < -0.4 is 15.0 Å². The Balaban J connectivity index is 1.28. The Morgan fingerprint density at radius 3 is 2.62 bits per heavy atom. The van der Waals surface area contributed by atoms with Crippen molar-refractivity contribution >= 4 is 5.69 Å². The van der Waals surface area contributed by atoms with Gasteiger partial charge in [-0.25, -0.2) is 0 Å². The maximum atomic E-state index is 10.7. The first-order chi connectivity index (χ1) is 16.5. The smallest absolute Gasteiger partial charge is 0.122 e. The van der Waals surface area contributed by atoms with Gasteiger partial charge in [0, 0.05) is 43.0 Å². The van der Waals surface area contributed by atoms with Crippen molar-refractivity contribution in [2.45, 2.75) is 77.8 Å². The van der Waals surface area contributed by atoms with E-state index < -0.39 is 0 Å². The zero-order chi connectivity index (χ0) is 23.9. The maximum Gasteiger partial charge on any atom is 0.122 e. The number of aromatic hydroxyl groups is 1. The minimum absolute atomic E-state index is 0.349. The van der Waals surface area contributed by atoms with Crippen LogP contribution in [0.15, 0.2) is 36.4 Å². The number of benzene rings is 2. The second kappa shape index (κ2) is 9.45. The topological polar surface area (TPSA) is 44.7 Å². The Morgan fingerprint density at radius 2 is 1.88 bits per heavy atom. The standard InChI is InChI=1S/C30H42N2O2/c1-5-32(6-2)22-9-7-21(28(33)18-22)19-31-29-14-13-27-26-11-8-20-17-23(34-4)10-12-24(20)25(26)15-16-30(27,29)3/h7,9-10,12,17-18,25-27,29,31,33H,5-6,8,11,13-16,19H2,1-4H3/t25?,26?,27?,29-,30-/m0/s1. The molecule has 5 atom stereocenters. The van der Waals surface area contributed by atoms with Gasteiger partial charge in [-0.2, -0.15) is 0 Å². The summed E-state index contributed by atoms with van der Waals surface area (Å²) < 4.78 is 5.49. The van der Waals surface area contributed by atoms with Crippen LogP contribution in [-0.4, -0.2) is 31.3 Å². The van der Waals surface area contributed by atoms with E-state index in [1.54, 1.807) is 12.7 Å². The van der Waals surface area contributed by atoms with Crippen LogP contribution in [0.1, 0.15) is 75.5 Å². The van der Waals surface area contributed by atoms with Crippen molar-refractivity contribution < 1.29 is 9.84 Å². The molecule has 5 rings (SSSR count). The van der Waals surface area contributed by atoms with Gasteiger partial charge in [-0.3, -0.25) is 0 Å². The van der Waals surface area contributed by atoms with E-state index in [0.717, 1.165) is 48.5 Å². The molecule has 2 fully saturated rings. The van der Waals surface area contributed by atoms with Gasteiger partial charge in [0.1, 0.15) is 11.5 Å². The molecule has 0 heterocycles. The summed E-state index contributed by atoms with van der Waals surface area (Å²) in [4.78, 5) is 2.27. The van der Waals surface area contributed by atoms with Gasteiger partial charge in [0.25, 0.3) is 0 Å². The lowest BCUT2D eigenvalue weighted by Crippen LogP contribution is -2.48. The van der Waals surface area contributed by atoms with Crippen LogP contribution in [0, 0.1) is 17.3 Å². The number of anilines is 1. The van der Waals surface area contributed by atoms with E-state index in [1.165, 1.54) is 44.1 Å². The Bertz CT molecular complexity index is 1020. The van der Waals surface area contributed by atoms with Crippen LogP contribution in [0.25, 0.3) is 0 Å². The molecule has 0 bridgehead atoms. The van der Waals surface area contributed by atoms with Crippen molar-refractivity contribution in [2.75, 3.05) is 25.1 Å². The minimum Gasteiger partial charge on any atom is -0.508 e. The number of hydrogen-bond acceptors (Lipinski definition) is 4. The number of aryl methyl sites for hydroxylation is 1. The number of phenolic OH excluding ortho intramolecular Hbond substituents is 1. The number of nitrogens with one attached hydrogen (secondary N) is 1. The highest BCUT2D eigenvalue weighted by Crippen LogP contribution is 2.61. The van der Waals surface area contributed by atoms with Crippen LogP contribution in [-0.2, 0) is 13.0 Å². The average Bonchev–Trinajstić information content (AvgIpc) is 3.20. The number of methoxy groups -OCH3 is 1. The summed E-state index contributed by atoms with van der Waals surface area (Å²) in [5.74, 6) is 3.71. The Morgan fingerprint density at radius 1 is 1.06 bits per heavy atom. The van der Waals surface area contributed by atoms with Gasteiger partial charge in [-0.1, -0.05) is 19.1 Å². The fourth-order valence-corrected chi connectivity index (χ4v) is 7.74. The molecule has 4 heteroatoms. The van der Waals surface area contributed by atoms with E-state index in [-0.39, 0.29) is 0 Å². The first-order valence-corrected chi connectivity index (χ1v) is 13.5. The monoisotopic (exact) mass is 462 g/mol. The first-order valence-electron chi connectivity index (χ1n) is 13.5. The molecule has 34 heavy (non-hydrogen) atoms. The third-order valence-corrected chi connectivity index (χ3v) is 9.67. The molecule has 2 aromatic carbocycles. The minimum atomic E-state index is 0.349. The Hall–Kier alpha value is -2.20. The number of nitrogens with zero attached hydrogens (tertiary/aromatic N) is 1. The fourth-order valence-electron chi connectivity index (χ4n) is 7.74. The SMILES string of the molecule is CCN(CC)c1ccc(CN[C@H]2CCC3C4CCc5cc(OC)ccc5C4CC[C@@]32C)c(O)c1. The normalized spacial score (nSPS) is 29.8. The van der Waals surface area contributed by atoms with Crippen molar-refractivity contribution in [1.82, 2.24) is 5.32 Å². The van der Waals surface area contributed by atoms with E-state index in [9.17, 15) is 5.11 Å². The largest absolute Gasteiger partial charge is 0.508 e. The lowest BCUT2D eigenvalue weighted by Gasteiger charge is -2.51. The average molecular weight is 463 g/mol. The van der Waals surface area contributed by atoms with Crippen molar-refractivity contribution in [3.63, 3.8) is 0 Å². The molecule has 0 aromatic heterocycles. The van der Waals surface area contributed by atoms with Crippen molar-refractivity contribution in [1.29, 1.82) is 0 Å². The predicted octanol–water partition coefficient (Wildman–Crippen LogP) is 6.26. The maximum absolute atomic E-state index is 10.7. The molecule has 0 radical (unpaired) electrons. The van der Waals surface area contributed by atoms with Crippen LogP contribution in [0.3, 0.4) is 0 Å². The van der Waals surface area contributed by atoms with Crippen LogP contribution in [0.5, 0.6) is 11.5 Å². The van der Waals surface area contributed by atoms with E-state index in [2.05, 4.69) is 61.3 Å². The number of ether oxygens (including phenoxy) is 1. The van der Waals surface area contributed by atoms with Crippen LogP contribution >= 0.6 is 0 Å². The number of fused-ring (bicyclic) bond motifs is 5. The van der Waals surface area contributed by atoms with Gasteiger partial charge in [0.2, 0.25) is 0 Å². The number of phenols is 1. The van der Waals surface area contributed by atoms with Gasteiger partial charge in [-0.15, -0.1) is 0 Å². The quantitative estimate of drug-likeness (QED) is 0.510. The summed E-state index contributed by atoms with van der Waals surface area (Å²) in [6, 6.07) is 13.5. The number of rotatable bonds is 7. The molecule has 184 valence electrons. The van der Waals surface area contributed by atoms with Crippen molar-refractivity contribution in [3.05, 3.63) is 53.1 Å². The predicted molar refractivity (Wildman–Crippen MR) is 140 cm³/mol. The molecule has 2 aromatic rings. The van der Waals surface area contributed by atoms with Gasteiger partial charge in [-0.05, 0) is 105 Å². The van der Waals surface area contributed by atoms with Crippen molar-refractivity contribution in [2.24, 2.45) is 17.3 Å². The van der Waals surface area contributed by atoms with Gasteiger partial charge in [0.05, 0.1) is 7.11 Å². The molecule has 0 spiro atoms. The molecule has 2 N–H and O–H groups in total. The lowest BCUT2D eigenvalue weighted by molar-refractivity contribution is 0.0407. The third-order valence-electron chi connectivity index (χ3n) is 9.67. The highest BCUT2D eigenvalue weighted by molar-refractivity contribution is 5.53. The summed E-state index contributed by atoms with van der Waals surface area (Å²) >= 11 is 0. The second-order valence-electron chi connectivity index (χ2n) is 11.0. The third kappa shape index (κ3) is 3.98. The molecule has 3 aliphatic carbocycles. The van der Waals surface area contributed by atoms with Crippen LogP contribution in [0.4, 0.5) is 5.69 Å². The summed E-state index contributed by atoms with van der Waals surface area (Å²) in [5, 5.41) is 14.6. The molecule has 3 aliphatic rings. The van der Waals surface area contributed by atoms with E-state index >= 15 is 0 Å². The number of hydrogen-bond donors (Lipinski definition) is 2. The van der Waals surface area contributed by atoms with E-state index in [4.69, 9.17) is 4.74 Å². The van der Waals surface area contributed by atoms with Gasteiger partial charge in [0.15, 0.2) is 0 Å². The van der Waals surface area contributed by atoms with Crippen LogP contribution in [0.2, 0.25) is 0 Å². The molecule has 4 nitrogen and oxygen atoms in total. The molecule has 0 amide bonds. The molecule has 0 saturated heterocycles. The van der Waals surface area contributed by atoms with Gasteiger partial charge >= 0.3 is 0 Å². The van der Waals surface area contributed by atoms with E-state index in [0.29, 0.717) is 23.1 Å². The molecule has 2 saturated carbocycles. The second-order valence-corrected chi connectivity index (χ2v) is 11.0. The molecular formula is C30H42N2O2. The summed E-state index contributed by atoms with van der Waals surface area (Å²) in [6.45, 7) is 9.51. The summed E-state index contributed by atoms with van der Waals surface area (Å²) in [5.41, 5.74) is 5.57. The zero-order valence-corrected chi connectivity index (χ0v) is 21.4. The Labute approximate surface area is 205 Å². The van der Waals surface area contributed by atoms with Crippen molar-refractivity contribution in [3.8, 4) is 11.5 Å². The molecule has 0 aliphatic heterocycles. The fraction of sp³-hybridized carbons (Fsp3) is 0.600. The van der Waals surface area contributed by atoms with Gasteiger partial charge < -0.3 is 20.1 Å². The summed E-state index contributed by atoms with van der Waals surface area (Å²) in [6.07, 6.45) is 7.65.